The van der Waals surface area contributed by atoms with Crippen molar-refractivity contribution >= 4 is 11.5 Å². The van der Waals surface area contributed by atoms with Crippen LogP contribution in [0.15, 0.2) is 92.0 Å². The minimum atomic E-state index is 0.0659. The molecule has 43 heavy (non-hydrogen) atoms. The third kappa shape index (κ3) is 9.23. The second kappa shape index (κ2) is 15.4. The van der Waals surface area contributed by atoms with Gasteiger partial charge in [0.15, 0.2) is 0 Å². The van der Waals surface area contributed by atoms with Crippen molar-refractivity contribution in [2.45, 2.75) is 90.0 Å². The number of hydrogen-bond donors (Lipinski definition) is 2. The summed E-state index contributed by atoms with van der Waals surface area (Å²) in [4.78, 5) is 0. The van der Waals surface area contributed by atoms with Crippen molar-refractivity contribution < 1.29 is 5.11 Å². The monoisotopic (exact) mass is 572 g/mol. The molecule has 0 bridgehead atoms. The molecule has 1 aliphatic rings. The van der Waals surface area contributed by atoms with Crippen LogP contribution in [0.3, 0.4) is 0 Å². The van der Waals surface area contributed by atoms with Crippen molar-refractivity contribution in [3.8, 4) is 6.07 Å². The van der Waals surface area contributed by atoms with E-state index in [1.165, 1.54) is 27.8 Å². The lowest BCUT2D eigenvalue weighted by Crippen LogP contribution is -2.33. The molecule has 0 radical (unpaired) electrons. The number of aliphatic hydroxyl groups excluding tert-OH is 1. The van der Waals surface area contributed by atoms with Gasteiger partial charge in [-0.25, -0.2) is 0 Å². The average Bonchev–Trinajstić information content (AvgIpc) is 3.02. The summed E-state index contributed by atoms with van der Waals surface area (Å²) in [7, 11) is 0. The Morgan fingerprint density at radius 3 is 2.07 bits per heavy atom. The lowest BCUT2D eigenvalue weighted by atomic mass is 9.81. The number of unbranched alkanes of at least 4 members (excludes halogenated alkanes) is 1. The van der Waals surface area contributed by atoms with Gasteiger partial charge in [-0.05, 0) is 104 Å². The Morgan fingerprint density at radius 1 is 0.860 bits per heavy atom. The highest BCUT2D eigenvalue weighted by molar-refractivity contribution is 5.70. The van der Waals surface area contributed by atoms with Gasteiger partial charge in [-0.3, -0.25) is 0 Å². The van der Waals surface area contributed by atoms with Gasteiger partial charge in [-0.15, -0.1) is 0 Å². The van der Waals surface area contributed by atoms with E-state index in [9.17, 15) is 10.4 Å². The van der Waals surface area contributed by atoms with Crippen LogP contribution >= 0.6 is 0 Å². The minimum Gasteiger partial charge on any atom is -0.508 e. The second-order valence-electron chi connectivity index (χ2n) is 12.6. The number of rotatable bonds is 14. The molecule has 224 valence electrons. The van der Waals surface area contributed by atoms with Gasteiger partial charge in [-0.2, -0.15) is 5.26 Å². The van der Waals surface area contributed by atoms with E-state index in [1.807, 2.05) is 12.1 Å². The van der Waals surface area contributed by atoms with Crippen LogP contribution in [0.25, 0.3) is 11.5 Å². The molecule has 0 aliphatic heterocycles. The van der Waals surface area contributed by atoms with E-state index in [-0.39, 0.29) is 17.7 Å². The average molecular weight is 573 g/mol. The van der Waals surface area contributed by atoms with Gasteiger partial charge in [0, 0.05) is 28.4 Å². The maximum atomic E-state index is 10.1. The topological polar surface area (TPSA) is 56.0 Å². The van der Waals surface area contributed by atoms with E-state index in [2.05, 4.69) is 99.6 Å². The molecule has 0 saturated heterocycles. The van der Waals surface area contributed by atoms with Crippen molar-refractivity contribution in [1.29, 1.82) is 5.26 Å². The lowest BCUT2D eigenvalue weighted by molar-refractivity contribution is 0.342. The molecule has 0 heterocycles. The highest BCUT2D eigenvalue weighted by Crippen LogP contribution is 2.31. The third-order valence-corrected chi connectivity index (χ3v) is 8.99. The summed E-state index contributed by atoms with van der Waals surface area (Å²) in [5.41, 5.74) is 10.1. The molecule has 2 N–H and O–H groups in total. The van der Waals surface area contributed by atoms with Crippen LogP contribution in [0.5, 0.6) is 0 Å². The van der Waals surface area contributed by atoms with E-state index in [4.69, 9.17) is 0 Å². The summed E-state index contributed by atoms with van der Waals surface area (Å²) < 4.78 is 0. The molecular formula is C40H48N2O. The van der Waals surface area contributed by atoms with Crippen molar-refractivity contribution in [2.75, 3.05) is 0 Å². The first-order chi connectivity index (χ1) is 20.7. The zero-order chi connectivity index (χ0) is 30.8. The Kier molecular flexibility index (Phi) is 11.5. The summed E-state index contributed by atoms with van der Waals surface area (Å²) in [5.74, 6) is 0.879. The number of benzene rings is 3. The Bertz CT molecular complexity index is 1440. The molecule has 3 aromatic rings. The fraction of sp³-hybridized carbons (Fsp3) is 0.375. The first kappa shape index (κ1) is 31.9. The van der Waals surface area contributed by atoms with Crippen molar-refractivity contribution in [2.24, 2.45) is 5.92 Å². The number of hydrogen-bond acceptors (Lipinski definition) is 3. The largest absolute Gasteiger partial charge is 0.508 e. The van der Waals surface area contributed by atoms with Crippen molar-refractivity contribution in [3.05, 3.63) is 131 Å². The van der Waals surface area contributed by atoms with Crippen LogP contribution in [0.2, 0.25) is 0 Å². The van der Waals surface area contributed by atoms with E-state index < -0.39 is 0 Å². The number of allylic oxidation sites excluding steroid dienone is 1. The van der Waals surface area contributed by atoms with E-state index in [0.717, 1.165) is 75.5 Å². The van der Waals surface area contributed by atoms with Crippen LogP contribution < -0.4 is 5.32 Å². The number of aliphatic hydroxyl groups is 1. The molecule has 3 heteroatoms. The molecule has 1 fully saturated rings. The van der Waals surface area contributed by atoms with Gasteiger partial charge in [0.05, 0.1) is 6.07 Å². The minimum absolute atomic E-state index is 0.0659. The molecule has 0 aromatic heterocycles. The molecule has 4 rings (SSSR count). The zero-order valence-electron chi connectivity index (χ0n) is 26.2. The fourth-order valence-electron chi connectivity index (χ4n) is 6.18. The molecular weight excluding hydrogens is 524 g/mol. The Balaban J connectivity index is 1.29. The normalized spacial score (nSPS) is 16.4. The number of nitrogens with zero attached hydrogens (tertiary/aromatic N) is 1. The number of nitrogens with one attached hydrogen (secondary N) is 1. The van der Waals surface area contributed by atoms with Crippen LogP contribution in [-0.4, -0.2) is 11.1 Å². The van der Waals surface area contributed by atoms with Gasteiger partial charge in [-0.1, -0.05) is 101 Å². The Morgan fingerprint density at radius 2 is 1.47 bits per heavy atom. The Labute approximate surface area is 259 Å². The van der Waals surface area contributed by atoms with Crippen LogP contribution in [0.4, 0.5) is 0 Å². The SMILES string of the molecule is C=C(O)c1ccc(CCCCc2ccc(CCc3ccc(C(C)C)cc3)cc2)c(C(=C)NC2CCCC(C(=C)C#N)C2)c1. The number of nitriles is 1. The molecule has 1 saturated carbocycles. The predicted octanol–water partition coefficient (Wildman–Crippen LogP) is 9.89. The molecule has 3 nitrogen and oxygen atoms in total. The quantitative estimate of drug-likeness (QED) is 0.115. The van der Waals surface area contributed by atoms with Gasteiger partial charge >= 0.3 is 0 Å². The van der Waals surface area contributed by atoms with E-state index in [1.54, 1.807) is 0 Å². The molecule has 2 atom stereocenters. The first-order valence-electron chi connectivity index (χ1n) is 16.0. The zero-order valence-corrected chi connectivity index (χ0v) is 26.2. The van der Waals surface area contributed by atoms with Crippen LogP contribution in [0, 0.1) is 17.2 Å². The molecule has 0 spiro atoms. The highest BCUT2D eigenvalue weighted by atomic mass is 16.3. The third-order valence-electron chi connectivity index (χ3n) is 8.99. The highest BCUT2D eigenvalue weighted by Gasteiger charge is 2.24. The van der Waals surface area contributed by atoms with Crippen LogP contribution in [0.1, 0.15) is 97.2 Å². The summed E-state index contributed by atoms with van der Waals surface area (Å²) in [6, 6.07) is 26.8. The lowest BCUT2D eigenvalue weighted by Gasteiger charge is -2.31. The van der Waals surface area contributed by atoms with Crippen LogP contribution in [-0.2, 0) is 25.7 Å². The summed E-state index contributed by atoms with van der Waals surface area (Å²) >= 11 is 0. The molecule has 3 aromatic carbocycles. The maximum Gasteiger partial charge on any atom is 0.115 e. The van der Waals surface area contributed by atoms with Gasteiger partial charge in [0.1, 0.15) is 5.76 Å². The van der Waals surface area contributed by atoms with Gasteiger partial charge < -0.3 is 10.4 Å². The summed E-state index contributed by atoms with van der Waals surface area (Å²) in [6.45, 7) is 16.5. The maximum absolute atomic E-state index is 10.1. The van der Waals surface area contributed by atoms with Crippen molar-refractivity contribution in [1.82, 2.24) is 5.32 Å². The smallest absolute Gasteiger partial charge is 0.115 e. The number of aryl methyl sites for hydroxylation is 4. The van der Waals surface area contributed by atoms with E-state index in [0.29, 0.717) is 17.1 Å². The summed E-state index contributed by atoms with van der Waals surface area (Å²) in [5, 5.41) is 23.0. The second-order valence-corrected chi connectivity index (χ2v) is 12.6. The fourth-order valence-corrected chi connectivity index (χ4v) is 6.18. The van der Waals surface area contributed by atoms with E-state index >= 15 is 0 Å². The van der Waals surface area contributed by atoms with Gasteiger partial charge in [0.2, 0.25) is 0 Å². The first-order valence-corrected chi connectivity index (χ1v) is 16.0. The van der Waals surface area contributed by atoms with Gasteiger partial charge in [0.25, 0.3) is 0 Å². The molecule has 1 aliphatic carbocycles. The predicted molar refractivity (Wildman–Crippen MR) is 182 cm³/mol. The standard InChI is InChI=1S/C40H48N2O/c1-28(2)35-21-19-34(20-22-35)18-17-33-15-13-32(14-16-33)9-6-7-10-36-23-24-38(31(5)43)26-40(36)30(4)42-39-12-8-11-37(25-39)29(3)27-41/h13-16,19-24,26,28,37,39,42-43H,3-12,17-18,25H2,1-2H3. The molecule has 0 amide bonds. The molecule has 2 unspecified atom stereocenters. The van der Waals surface area contributed by atoms with Crippen molar-refractivity contribution in [3.63, 3.8) is 0 Å². The summed E-state index contributed by atoms with van der Waals surface area (Å²) in [6.07, 6.45) is 10.4. The Hall–Kier alpha value is -4.03.